The summed E-state index contributed by atoms with van der Waals surface area (Å²) in [6, 6.07) is 7.26. The van der Waals surface area contributed by atoms with Crippen molar-refractivity contribution >= 4 is 11.6 Å². The molecule has 0 aromatic heterocycles. The third-order valence-electron chi connectivity index (χ3n) is 2.98. The first-order chi connectivity index (χ1) is 6.87. The molecule has 0 unspecified atom stereocenters. The van der Waals surface area contributed by atoms with Crippen LogP contribution in [0.4, 0.5) is 5.69 Å². The van der Waals surface area contributed by atoms with E-state index in [9.17, 15) is 9.90 Å². The van der Waals surface area contributed by atoms with Gasteiger partial charge in [0, 0.05) is 16.7 Å². The highest BCUT2D eigenvalue weighted by Crippen LogP contribution is 2.46. The number of carbonyl (C=O) groups is 1. The Labute approximate surface area is 89.1 Å². The average molecular weight is 205 g/mol. The van der Waals surface area contributed by atoms with Gasteiger partial charge in [-0.25, -0.2) is 0 Å². The minimum atomic E-state index is -1.43. The van der Waals surface area contributed by atoms with Crippen molar-refractivity contribution in [2.45, 2.75) is 26.4 Å². The first kappa shape index (κ1) is 10.2. The van der Waals surface area contributed by atoms with Gasteiger partial charge in [-0.1, -0.05) is 39.0 Å². The molecule has 3 nitrogen and oxygen atoms in total. The molecule has 2 rings (SSSR count). The van der Waals surface area contributed by atoms with E-state index in [2.05, 4.69) is 5.32 Å². The summed E-state index contributed by atoms with van der Waals surface area (Å²) in [6.45, 7) is 5.57. The molecule has 0 saturated heterocycles. The van der Waals surface area contributed by atoms with Crippen LogP contribution in [0.15, 0.2) is 24.3 Å². The topological polar surface area (TPSA) is 49.3 Å². The van der Waals surface area contributed by atoms with Gasteiger partial charge >= 0.3 is 0 Å². The largest absolute Gasteiger partial charge is 0.375 e. The molecule has 0 spiro atoms. The average Bonchev–Trinajstić information content (AvgIpc) is 2.40. The third-order valence-corrected chi connectivity index (χ3v) is 2.98. The van der Waals surface area contributed by atoms with Crippen LogP contribution in [0.3, 0.4) is 0 Å². The molecule has 1 aliphatic rings. The lowest BCUT2D eigenvalue weighted by Crippen LogP contribution is -2.45. The van der Waals surface area contributed by atoms with E-state index in [1.807, 2.05) is 32.9 Å². The second-order valence-electron chi connectivity index (χ2n) is 4.96. The van der Waals surface area contributed by atoms with Gasteiger partial charge < -0.3 is 10.4 Å². The van der Waals surface area contributed by atoms with Gasteiger partial charge in [0.1, 0.15) is 0 Å². The molecule has 1 atom stereocenters. The molecule has 2 N–H and O–H groups in total. The number of anilines is 1. The Kier molecular flexibility index (Phi) is 1.92. The first-order valence-corrected chi connectivity index (χ1v) is 5.01. The van der Waals surface area contributed by atoms with Gasteiger partial charge in [0.05, 0.1) is 0 Å². The van der Waals surface area contributed by atoms with Crippen molar-refractivity contribution in [1.29, 1.82) is 0 Å². The highest BCUT2D eigenvalue weighted by Gasteiger charge is 2.53. The third kappa shape index (κ3) is 1.20. The summed E-state index contributed by atoms with van der Waals surface area (Å²) < 4.78 is 0. The fraction of sp³-hybridized carbons (Fsp3) is 0.417. The predicted molar refractivity (Wildman–Crippen MR) is 58.4 cm³/mol. The van der Waals surface area contributed by atoms with Crippen LogP contribution in [0.5, 0.6) is 0 Å². The molecule has 0 aliphatic carbocycles. The van der Waals surface area contributed by atoms with Crippen molar-refractivity contribution in [3.05, 3.63) is 29.8 Å². The van der Waals surface area contributed by atoms with Crippen LogP contribution in [0, 0.1) is 5.41 Å². The van der Waals surface area contributed by atoms with Crippen molar-refractivity contribution in [3.8, 4) is 0 Å². The molecule has 15 heavy (non-hydrogen) atoms. The number of para-hydroxylation sites is 1. The molecule has 0 bridgehead atoms. The van der Waals surface area contributed by atoms with E-state index in [1.54, 1.807) is 12.1 Å². The van der Waals surface area contributed by atoms with Crippen LogP contribution in [0.2, 0.25) is 0 Å². The summed E-state index contributed by atoms with van der Waals surface area (Å²) in [5, 5.41) is 13.2. The fourth-order valence-electron chi connectivity index (χ4n) is 1.99. The van der Waals surface area contributed by atoms with E-state index in [4.69, 9.17) is 0 Å². The SMILES string of the molecule is CC(C)(C)[C@]1(O)C(=O)Nc2ccccc21. The molecule has 0 fully saturated rings. The van der Waals surface area contributed by atoms with Crippen LogP contribution < -0.4 is 5.32 Å². The van der Waals surface area contributed by atoms with Gasteiger partial charge in [-0.05, 0) is 6.07 Å². The van der Waals surface area contributed by atoms with Gasteiger partial charge in [0.15, 0.2) is 5.60 Å². The minimum Gasteiger partial charge on any atom is -0.375 e. The second-order valence-corrected chi connectivity index (χ2v) is 4.96. The smallest absolute Gasteiger partial charge is 0.261 e. The Bertz CT molecular complexity index is 420. The quantitative estimate of drug-likeness (QED) is 0.679. The lowest BCUT2D eigenvalue weighted by molar-refractivity contribution is -0.146. The molecule has 1 aromatic carbocycles. The number of fused-ring (bicyclic) bond motifs is 1. The lowest BCUT2D eigenvalue weighted by Gasteiger charge is -2.34. The molecular formula is C12H15NO2. The Morgan fingerprint density at radius 3 is 2.47 bits per heavy atom. The molecule has 1 heterocycles. The van der Waals surface area contributed by atoms with Gasteiger partial charge in [-0.15, -0.1) is 0 Å². The molecule has 1 aromatic rings. The van der Waals surface area contributed by atoms with Crippen LogP contribution in [-0.4, -0.2) is 11.0 Å². The van der Waals surface area contributed by atoms with Gasteiger partial charge in [0.25, 0.3) is 5.91 Å². The summed E-state index contributed by atoms with van der Waals surface area (Å²) in [7, 11) is 0. The maximum atomic E-state index is 11.8. The Morgan fingerprint density at radius 2 is 1.87 bits per heavy atom. The number of amides is 1. The summed E-state index contributed by atoms with van der Waals surface area (Å²) in [5.74, 6) is -0.337. The van der Waals surface area contributed by atoms with E-state index in [-0.39, 0.29) is 5.91 Å². The van der Waals surface area contributed by atoms with Gasteiger partial charge in [0.2, 0.25) is 0 Å². The number of rotatable bonds is 0. The maximum Gasteiger partial charge on any atom is 0.261 e. The van der Waals surface area contributed by atoms with Gasteiger partial charge in [-0.3, -0.25) is 4.79 Å². The number of hydrogen-bond donors (Lipinski definition) is 2. The summed E-state index contributed by atoms with van der Waals surface area (Å²) >= 11 is 0. The molecule has 0 saturated carbocycles. The summed E-state index contributed by atoms with van der Waals surface area (Å²) in [4.78, 5) is 11.8. The highest BCUT2D eigenvalue weighted by molar-refractivity contribution is 6.05. The minimum absolute atomic E-state index is 0.337. The standard InChI is InChI=1S/C12H15NO2/c1-11(2,3)12(15)8-6-4-5-7-9(8)13-10(12)14/h4-7,15H,1-3H3,(H,13,14)/t12-/m1/s1. The van der Waals surface area contributed by atoms with Crippen LogP contribution >= 0.6 is 0 Å². The normalized spacial score (nSPS) is 24.9. The van der Waals surface area contributed by atoms with E-state index in [1.165, 1.54) is 0 Å². The Balaban J connectivity index is 2.65. The highest BCUT2D eigenvalue weighted by atomic mass is 16.3. The van der Waals surface area contributed by atoms with Crippen molar-refractivity contribution in [2.24, 2.45) is 5.41 Å². The molecule has 1 aliphatic heterocycles. The number of nitrogens with one attached hydrogen (secondary N) is 1. The molecular weight excluding hydrogens is 190 g/mol. The zero-order chi connectivity index (χ0) is 11.3. The summed E-state index contributed by atoms with van der Waals surface area (Å²) in [5.41, 5.74) is -0.574. The monoisotopic (exact) mass is 205 g/mol. The summed E-state index contributed by atoms with van der Waals surface area (Å²) in [6.07, 6.45) is 0. The van der Waals surface area contributed by atoms with Crippen LogP contribution in [-0.2, 0) is 10.4 Å². The number of aliphatic hydroxyl groups is 1. The van der Waals surface area contributed by atoms with Crippen molar-refractivity contribution in [1.82, 2.24) is 0 Å². The number of carbonyl (C=O) groups excluding carboxylic acids is 1. The molecule has 3 heteroatoms. The van der Waals surface area contributed by atoms with E-state index in [0.717, 1.165) is 0 Å². The molecule has 80 valence electrons. The van der Waals surface area contributed by atoms with Crippen molar-refractivity contribution in [2.75, 3.05) is 5.32 Å². The Morgan fingerprint density at radius 1 is 1.27 bits per heavy atom. The van der Waals surface area contributed by atoms with E-state index < -0.39 is 11.0 Å². The molecule has 0 radical (unpaired) electrons. The zero-order valence-electron chi connectivity index (χ0n) is 9.16. The van der Waals surface area contributed by atoms with Crippen LogP contribution in [0.1, 0.15) is 26.3 Å². The van der Waals surface area contributed by atoms with E-state index in [0.29, 0.717) is 11.3 Å². The predicted octanol–water partition coefficient (Wildman–Crippen LogP) is 1.87. The van der Waals surface area contributed by atoms with Crippen LogP contribution in [0.25, 0.3) is 0 Å². The fourth-order valence-corrected chi connectivity index (χ4v) is 1.99. The second kappa shape index (κ2) is 2.83. The van der Waals surface area contributed by atoms with Crippen molar-refractivity contribution < 1.29 is 9.90 Å². The van der Waals surface area contributed by atoms with Crippen molar-refractivity contribution in [3.63, 3.8) is 0 Å². The maximum absolute atomic E-state index is 11.8. The van der Waals surface area contributed by atoms with E-state index >= 15 is 0 Å². The molecule has 1 amide bonds. The van der Waals surface area contributed by atoms with Gasteiger partial charge in [-0.2, -0.15) is 0 Å². The Hall–Kier alpha value is -1.35. The number of benzene rings is 1. The lowest BCUT2D eigenvalue weighted by atomic mass is 9.73. The first-order valence-electron chi connectivity index (χ1n) is 5.01. The zero-order valence-corrected chi connectivity index (χ0v) is 9.16. The number of hydrogen-bond acceptors (Lipinski definition) is 2.